The molecule has 0 radical (unpaired) electrons. The van der Waals surface area contributed by atoms with Gasteiger partial charge in [-0.1, -0.05) is 26.7 Å². The highest BCUT2D eigenvalue weighted by atomic mass is 16.3. The number of carbonyl (C=O) groups excluding carboxylic acids is 1. The van der Waals surface area contributed by atoms with Crippen molar-refractivity contribution >= 4 is 5.78 Å². The molecular formula is C27H46O3. The average molecular weight is 419 g/mol. The third-order valence-electron chi connectivity index (χ3n) is 10.6. The van der Waals surface area contributed by atoms with Gasteiger partial charge in [0.1, 0.15) is 5.78 Å². The van der Waals surface area contributed by atoms with Gasteiger partial charge in [0.25, 0.3) is 0 Å². The van der Waals surface area contributed by atoms with Crippen molar-refractivity contribution in [1.29, 1.82) is 0 Å². The lowest BCUT2D eigenvalue weighted by Crippen LogP contribution is -2.57. The second-order valence-electron chi connectivity index (χ2n) is 13.0. The molecule has 0 amide bonds. The number of fused-ring (bicyclic) bond motifs is 5. The molecule has 4 fully saturated rings. The highest BCUT2D eigenvalue weighted by molar-refractivity contribution is 5.83. The van der Waals surface area contributed by atoms with Crippen molar-refractivity contribution in [2.75, 3.05) is 0 Å². The molecule has 4 saturated carbocycles. The summed E-state index contributed by atoms with van der Waals surface area (Å²) in [5.74, 6) is 3.02. The Balaban J connectivity index is 1.52. The van der Waals surface area contributed by atoms with Gasteiger partial charge < -0.3 is 10.2 Å². The van der Waals surface area contributed by atoms with Crippen LogP contribution in [0.2, 0.25) is 0 Å². The molecule has 8 atom stereocenters. The molecule has 2 N–H and O–H groups in total. The zero-order valence-electron chi connectivity index (χ0n) is 20.2. The normalized spacial score (nSPS) is 46.0. The van der Waals surface area contributed by atoms with Crippen molar-refractivity contribution in [2.24, 2.45) is 40.4 Å². The molecular weight excluding hydrogens is 372 g/mol. The summed E-state index contributed by atoms with van der Waals surface area (Å²) in [6.07, 6.45) is 12.8. The van der Waals surface area contributed by atoms with E-state index < -0.39 is 11.2 Å². The second-order valence-corrected chi connectivity index (χ2v) is 13.0. The van der Waals surface area contributed by atoms with Crippen LogP contribution in [-0.2, 0) is 4.79 Å². The lowest BCUT2D eigenvalue weighted by Gasteiger charge is -2.60. The van der Waals surface area contributed by atoms with E-state index in [-0.39, 0.29) is 10.8 Å². The average Bonchev–Trinajstić information content (AvgIpc) is 2.99. The van der Waals surface area contributed by atoms with Crippen LogP contribution in [-0.4, -0.2) is 27.2 Å². The molecule has 30 heavy (non-hydrogen) atoms. The fourth-order valence-corrected chi connectivity index (χ4v) is 9.17. The summed E-state index contributed by atoms with van der Waals surface area (Å²) in [5.41, 5.74) is -0.966. The molecule has 172 valence electrons. The molecule has 0 heterocycles. The predicted octanol–water partition coefficient (Wildman–Crippen LogP) is 5.91. The smallest absolute Gasteiger partial charge is 0.136 e. The molecule has 0 aromatic rings. The highest BCUT2D eigenvalue weighted by Gasteiger charge is 2.63. The first kappa shape index (κ1) is 22.8. The largest absolute Gasteiger partial charge is 0.390 e. The van der Waals surface area contributed by atoms with Crippen LogP contribution >= 0.6 is 0 Å². The summed E-state index contributed by atoms with van der Waals surface area (Å²) in [5, 5.41) is 21.6. The standard InChI is InChI=1S/C27H46O3/c1-24(2,29)13-8-15-27(5,30)23-11-10-19-18-17-22(28)21-9-6-7-14-25(21,3)20(18)12-16-26(19,23)4/h18-21,23,29-30H,6-17H2,1-5H3/t18?,19?,20?,21?,23?,25?,26?,27-/m0/s1. The molecule has 3 heteroatoms. The van der Waals surface area contributed by atoms with E-state index in [4.69, 9.17) is 0 Å². The van der Waals surface area contributed by atoms with E-state index in [0.717, 1.165) is 38.5 Å². The van der Waals surface area contributed by atoms with Crippen LogP contribution in [0.25, 0.3) is 0 Å². The zero-order valence-corrected chi connectivity index (χ0v) is 20.2. The minimum atomic E-state index is -0.683. The van der Waals surface area contributed by atoms with Gasteiger partial charge in [-0.3, -0.25) is 4.79 Å². The molecule has 0 aromatic carbocycles. The fourth-order valence-electron chi connectivity index (χ4n) is 9.17. The van der Waals surface area contributed by atoms with Crippen molar-refractivity contribution in [1.82, 2.24) is 0 Å². The lowest BCUT2D eigenvalue weighted by molar-refractivity contribution is -0.158. The topological polar surface area (TPSA) is 57.5 Å². The maximum absolute atomic E-state index is 13.2. The minimum Gasteiger partial charge on any atom is -0.390 e. The Bertz CT molecular complexity index is 662. The number of aliphatic hydroxyl groups is 2. The fraction of sp³-hybridized carbons (Fsp3) is 0.963. The van der Waals surface area contributed by atoms with E-state index in [9.17, 15) is 15.0 Å². The van der Waals surface area contributed by atoms with Gasteiger partial charge >= 0.3 is 0 Å². The van der Waals surface area contributed by atoms with E-state index in [1.165, 1.54) is 38.5 Å². The Kier molecular flexibility index (Phi) is 5.75. The molecule has 0 spiro atoms. The van der Waals surface area contributed by atoms with Crippen molar-refractivity contribution in [2.45, 2.75) is 123 Å². The van der Waals surface area contributed by atoms with E-state index in [1.54, 1.807) is 0 Å². The van der Waals surface area contributed by atoms with Crippen LogP contribution < -0.4 is 0 Å². The number of Topliss-reactive ketones (excluding diaryl/α,β-unsaturated/α-hetero) is 1. The van der Waals surface area contributed by atoms with E-state index in [1.807, 2.05) is 20.8 Å². The molecule has 7 unspecified atom stereocenters. The van der Waals surface area contributed by atoms with Gasteiger partial charge in [0.15, 0.2) is 0 Å². The summed E-state index contributed by atoms with van der Waals surface area (Å²) in [6.45, 7) is 10.7. The summed E-state index contributed by atoms with van der Waals surface area (Å²) in [4.78, 5) is 13.2. The van der Waals surface area contributed by atoms with Crippen LogP contribution in [0.5, 0.6) is 0 Å². The van der Waals surface area contributed by atoms with Crippen LogP contribution in [0.3, 0.4) is 0 Å². The van der Waals surface area contributed by atoms with Crippen molar-refractivity contribution in [3.05, 3.63) is 0 Å². The van der Waals surface area contributed by atoms with E-state index in [2.05, 4.69) is 13.8 Å². The van der Waals surface area contributed by atoms with E-state index in [0.29, 0.717) is 35.4 Å². The van der Waals surface area contributed by atoms with Crippen LogP contribution in [0.4, 0.5) is 0 Å². The summed E-state index contributed by atoms with van der Waals surface area (Å²) < 4.78 is 0. The molecule has 4 aliphatic carbocycles. The van der Waals surface area contributed by atoms with Crippen molar-refractivity contribution in [3.8, 4) is 0 Å². The summed E-state index contributed by atoms with van der Waals surface area (Å²) >= 11 is 0. The maximum atomic E-state index is 13.2. The monoisotopic (exact) mass is 418 g/mol. The van der Waals surface area contributed by atoms with Gasteiger partial charge in [-0.05, 0) is 113 Å². The third-order valence-corrected chi connectivity index (χ3v) is 10.6. The molecule has 0 saturated heterocycles. The van der Waals surface area contributed by atoms with Crippen LogP contribution in [0.15, 0.2) is 0 Å². The highest BCUT2D eigenvalue weighted by Crippen LogP contribution is 2.68. The quantitative estimate of drug-likeness (QED) is 0.584. The summed E-state index contributed by atoms with van der Waals surface area (Å²) in [6, 6.07) is 0. The lowest BCUT2D eigenvalue weighted by atomic mass is 9.44. The molecule has 0 aliphatic heterocycles. The Morgan fingerprint density at radius 3 is 2.30 bits per heavy atom. The first-order chi connectivity index (χ1) is 13.9. The van der Waals surface area contributed by atoms with Gasteiger partial charge in [0, 0.05) is 12.3 Å². The predicted molar refractivity (Wildman–Crippen MR) is 121 cm³/mol. The van der Waals surface area contributed by atoms with E-state index >= 15 is 0 Å². The molecule has 4 aliphatic rings. The Hall–Kier alpha value is -0.410. The Labute approximate surface area is 184 Å². The second kappa shape index (κ2) is 7.58. The first-order valence-electron chi connectivity index (χ1n) is 12.9. The van der Waals surface area contributed by atoms with Crippen molar-refractivity contribution in [3.63, 3.8) is 0 Å². The number of ketones is 1. The van der Waals surface area contributed by atoms with Gasteiger partial charge in [0.2, 0.25) is 0 Å². The van der Waals surface area contributed by atoms with Gasteiger partial charge in [0.05, 0.1) is 11.2 Å². The van der Waals surface area contributed by atoms with Crippen LogP contribution in [0, 0.1) is 40.4 Å². The van der Waals surface area contributed by atoms with Gasteiger partial charge in [-0.15, -0.1) is 0 Å². The Morgan fingerprint density at radius 2 is 1.60 bits per heavy atom. The minimum absolute atomic E-state index is 0.150. The van der Waals surface area contributed by atoms with Crippen LogP contribution in [0.1, 0.15) is 112 Å². The van der Waals surface area contributed by atoms with Gasteiger partial charge in [-0.2, -0.15) is 0 Å². The number of hydrogen-bond donors (Lipinski definition) is 2. The molecule has 4 rings (SSSR count). The number of hydrogen-bond acceptors (Lipinski definition) is 3. The zero-order chi connectivity index (χ0) is 21.9. The number of rotatable bonds is 5. The number of carbonyl (C=O) groups is 1. The maximum Gasteiger partial charge on any atom is 0.136 e. The SMILES string of the molecule is CC(C)(O)CCC[C@](C)(O)C1CCC2C3CC(=O)C4CCCCC4(C)C3CCC21C. The Morgan fingerprint density at radius 1 is 0.900 bits per heavy atom. The first-order valence-corrected chi connectivity index (χ1v) is 12.9. The third kappa shape index (κ3) is 3.70. The molecule has 0 aromatic heterocycles. The summed E-state index contributed by atoms with van der Waals surface area (Å²) in [7, 11) is 0. The van der Waals surface area contributed by atoms with Crippen molar-refractivity contribution < 1.29 is 15.0 Å². The molecule has 0 bridgehead atoms. The van der Waals surface area contributed by atoms with Gasteiger partial charge in [-0.25, -0.2) is 0 Å². The molecule has 3 nitrogen and oxygen atoms in total.